The first-order chi connectivity index (χ1) is 41.1. The van der Waals surface area contributed by atoms with Crippen LogP contribution in [0.4, 0.5) is 0 Å². The molecule has 0 saturated carbocycles. The van der Waals surface area contributed by atoms with E-state index in [0.717, 1.165) is 70.6 Å². The van der Waals surface area contributed by atoms with Gasteiger partial charge in [-0.1, -0.05) is 253 Å². The highest BCUT2D eigenvalue weighted by Gasteiger charge is 2.51. The lowest BCUT2D eigenvalue weighted by Gasteiger charge is -2.46. The fourth-order valence-corrected chi connectivity index (χ4v) is 10.7. The van der Waals surface area contributed by atoms with E-state index < -0.39 is 86.8 Å². The maximum Gasteiger partial charge on any atom is 0.220 e. The summed E-state index contributed by atoms with van der Waals surface area (Å²) >= 11 is 0. The molecule has 0 aromatic carbocycles. The van der Waals surface area contributed by atoms with Crippen molar-refractivity contribution in [2.24, 2.45) is 0 Å². The molecule has 0 aromatic heterocycles. The Labute approximate surface area is 510 Å². The first kappa shape index (κ1) is 77.3. The number of ether oxygens (including phenoxy) is 4. The molecule has 12 unspecified atom stereocenters. The summed E-state index contributed by atoms with van der Waals surface area (Å²) in [5.74, 6) is -0.253. The summed E-state index contributed by atoms with van der Waals surface area (Å²) < 4.78 is 22.8. The highest BCUT2D eigenvalue weighted by Crippen LogP contribution is 2.30. The molecule has 2 rings (SSSR count). The summed E-state index contributed by atoms with van der Waals surface area (Å²) in [5, 5.41) is 87.1. The van der Waals surface area contributed by atoms with Crippen LogP contribution in [0.2, 0.25) is 0 Å². The van der Waals surface area contributed by atoms with Gasteiger partial charge in [0.25, 0.3) is 0 Å². The van der Waals surface area contributed by atoms with E-state index in [0.29, 0.717) is 12.8 Å². The minimum Gasteiger partial charge on any atom is -0.394 e. The van der Waals surface area contributed by atoms with E-state index in [-0.39, 0.29) is 18.9 Å². The van der Waals surface area contributed by atoms with Gasteiger partial charge in [-0.2, -0.15) is 0 Å². The highest BCUT2D eigenvalue weighted by molar-refractivity contribution is 5.76. The Bertz CT molecular complexity index is 1730. The molecule has 14 nitrogen and oxygen atoms in total. The van der Waals surface area contributed by atoms with Crippen molar-refractivity contribution in [1.29, 1.82) is 0 Å². The molecule has 0 bridgehead atoms. The van der Waals surface area contributed by atoms with Gasteiger partial charge in [0.1, 0.15) is 48.8 Å². The van der Waals surface area contributed by atoms with Gasteiger partial charge in [0, 0.05) is 6.42 Å². The Morgan fingerprint density at radius 1 is 0.440 bits per heavy atom. The molecule has 2 aliphatic rings. The number of hydrogen-bond donors (Lipinski definition) is 9. The summed E-state index contributed by atoms with van der Waals surface area (Å²) in [6.07, 6.45) is 58.1. The van der Waals surface area contributed by atoms with E-state index in [2.05, 4.69) is 92.1 Å². The number of rotatable bonds is 54. The molecule has 84 heavy (non-hydrogen) atoms. The quantitative estimate of drug-likeness (QED) is 0.0204. The third-order valence-electron chi connectivity index (χ3n) is 16.0. The van der Waals surface area contributed by atoms with Crippen molar-refractivity contribution in [3.63, 3.8) is 0 Å². The number of unbranched alkanes of at least 4 members (excludes halogenated alkanes) is 29. The van der Waals surface area contributed by atoms with Crippen LogP contribution in [0.25, 0.3) is 0 Å². The molecule has 0 aliphatic carbocycles. The van der Waals surface area contributed by atoms with Crippen molar-refractivity contribution in [3.8, 4) is 0 Å². The molecule has 12 atom stereocenters. The van der Waals surface area contributed by atoms with Crippen LogP contribution in [0, 0.1) is 0 Å². The second kappa shape index (κ2) is 54.3. The first-order valence-corrected chi connectivity index (χ1v) is 33.8. The maximum atomic E-state index is 13.3. The van der Waals surface area contributed by atoms with E-state index in [4.69, 9.17) is 18.9 Å². The normalized spacial score (nSPS) is 24.2. The zero-order chi connectivity index (χ0) is 60.9. The SMILES string of the molecule is CC/C=C\C/C=C\C/C=C\C/C=C\CCCCCCCCCCCCCCCCCCCCCCCCCCC(=O)NC(COC1OC(CO)C(OC2OC(CO)C(O)C(O)C2O)C(O)C1O)C(O)/C=C/CC/C=C/CC/C=C/CCCCC. The number of carbonyl (C=O) groups is 1. The van der Waals surface area contributed by atoms with Crippen LogP contribution in [0.5, 0.6) is 0 Å². The smallest absolute Gasteiger partial charge is 0.220 e. The number of aliphatic hydroxyl groups is 8. The van der Waals surface area contributed by atoms with Crippen molar-refractivity contribution < 1.29 is 64.6 Å². The summed E-state index contributed by atoms with van der Waals surface area (Å²) in [4.78, 5) is 13.3. The Morgan fingerprint density at radius 2 is 0.833 bits per heavy atom. The van der Waals surface area contributed by atoms with Gasteiger partial charge >= 0.3 is 0 Å². The maximum absolute atomic E-state index is 13.3. The second-order valence-corrected chi connectivity index (χ2v) is 23.5. The lowest BCUT2D eigenvalue weighted by atomic mass is 9.97. The van der Waals surface area contributed by atoms with Gasteiger partial charge in [0.2, 0.25) is 5.91 Å². The fourth-order valence-electron chi connectivity index (χ4n) is 10.7. The summed E-state index contributed by atoms with van der Waals surface area (Å²) in [7, 11) is 0. The molecule has 1 amide bonds. The number of amides is 1. The number of nitrogens with one attached hydrogen (secondary N) is 1. The lowest BCUT2D eigenvalue weighted by molar-refractivity contribution is -0.359. The van der Waals surface area contributed by atoms with Crippen molar-refractivity contribution in [1.82, 2.24) is 5.32 Å². The Hall–Kier alpha value is -2.83. The van der Waals surface area contributed by atoms with E-state index in [1.165, 1.54) is 154 Å². The Balaban J connectivity index is 1.58. The molecule has 0 radical (unpaired) electrons. The van der Waals surface area contributed by atoms with Gasteiger partial charge in [-0.3, -0.25) is 4.79 Å². The number of allylic oxidation sites excluding steroid dienone is 13. The minimum absolute atomic E-state index is 0.253. The van der Waals surface area contributed by atoms with E-state index in [1.807, 2.05) is 6.08 Å². The number of carbonyl (C=O) groups excluding carboxylic acids is 1. The highest BCUT2D eigenvalue weighted by atomic mass is 16.7. The molecule has 0 spiro atoms. The van der Waals surface area contributed by atoms with Gasteiger partial charge in [-0.25, -0.2) is 0 Å². The third-order valence-corrected chi connectivity index (χ3v) is 16.0. The van der Waals surface area contributed by atoms with E-state index in [1.54, 1.807) is 6.08 Å². The average Bonchev–Trinajstić information content (AvgIpc) is 2.58. The monoisotopic (exact) mass is 1190 g/mol. The summed E-state index contributed by atoms with van der Waals surface area (Å²) in [6, 6.07) is -0.939. The minimum atomic E-state index is -1.79. The van der Waals surface area contributed by atoms with Gasteiger partial charge in [-0.15, -0.1) is 0 Å². The topological polar surface area (TPSA) is 228 Å². The van der Waals surface area contributed by atoms with Crippen LogP contribution < -0.4 is 5.32 Å². The standard InChI is InChI=1S/C70H123NO13/c1-3-5-7-9-11-13-15-17-18-19-20-21-22-23-24-25-26-27-28-29-30-31-32-33-34-35-36-37-38-39-40-42-44-46-48-50-52-54-62(75)71-58(59(74)53-51-49-47-45-43-41-16-14-12-10-8-6-4-2)57-81-69-67(80)65(78)68(61(56-73)83-69)84-70-66(79)64(77)63(76)60(55-72)82-70/h5,7,11-14,17-18,20-21,43,45,51,53,58-61,63-70,72-74,76-80H,3-4,6,8-10,15-16,19,22-42,44,46-50,52,54-57H2,1-2H3,(H,71,75)/b7-5-,13-11-,14-12+,18-17-,21-20-,45-43+,53-51+. The summed E-state index contributed by atoms with van der Waals surface area (Å²) in [6.45, 7) is 2.63. The van der Waals surface area contributed by atoms with Gasteiger partial charge in [0.05, 0.1) is 32.0 Å². The van der Waals surface area contributed by atoms with Crippen molar-refractivity contribution >= 4 is 5.91 Å². The largest absolute Gasteiger partial charge is 0.394 e. The van der Waals surface area contributed by atoms with Crippen molar-refractivity contribution in [3.05, 3.63) is 85.1 Å². The average molecular weight is 1190 g/mol. The molecule has 9 N–H and O–H groups in total. The molecule has 2 fully saturated rings. The second-order valence-electron chi connectivity index (χ2n) is 23.5. The fraction of sp³-hybridized carbons (Fsp3) is 0.786. The predicted molar refractivity (Wildman–Crippen MR) is 341 cm³/mol. The lowest BCUT2D eigenvalue weighted by Crippen LogP contribution is -2.65. The van der Waals surface area contributed by atoms with Crippen molar-refractivity contribution in [2.75, 3.05) is 19.8 Å². The van der Waals surface area contributed by atoms with E-state index >= 15 is 0 Å². The zero-order valence-electron chi connectivity index (χ0n) is 52.6. The van der Waals surface area contributed by atoms with Gasteiger partial charge in [0.15, 0.2) is 12.6 Å². The molecule has 486 valence electrons. The van der Waals surface area contributed by atoms with Crippen LogP contribution >= 0.6 is 0 Å². The molecular formula is C70H123NO13. The zero-order valence-corrected chi connectivity index (χ0v) is 52.6. The number of aliphatic hydroxyl groups excluding tert-OH is 8. The molecule has 2 heterocycles. The molecule has 14 heteroatoms. The third kappa shape index (κ3) is 38.4. The van der Waals surface area contributed by atoms with E-state index in [9.17, 15) is 45.6 Å². The summed E-state index contributed by atoms with van der Waals surface area (Å²) in [5.41, 5.74) is 0. The van der Waals surface area contributed by atoms with Crippen LogP contribution in [-0.4, -0.2) is 140 Å². The Kier molecular flexibility index (Phi) is 50.0. The Morgan fingerprint density at radius 3 is 1.31 bits per heavy atom. The van der Waals surface area contributed by atoms with Gasteiger partial charge in [-0.05, 0) is 83.5 Å². The first-order valence-electron chi connectivity index (χ1n) is 33.8. The number of hydrogen-bond acceptors (Lipinski definition) is 13. The van der Waals surface area contributed by atoms with Crippen LogP contribution in [0.3, 0.4) is 0 Å². The van der Waals surface area contributed by atoms with Crippen LogP contribution in [-0.2, 0) is 23.7 Å². The predicted octanol–water partition coefficient (Wildman–Crippen LogP) is 13.2. The molecule has 2 aliphatic heterocycles. The van der Waals surface area contributed by atoms with Crippen LogP contribution in [0.1, 0.15) is 258 Å². The van der Waals surface area contributed by atoms with Gasteiger partial charge < -0.3 is 65.1 Å². The molecular weight excluding hydrogens is 1060 g/mol. The molecule has 2 saturated heterocycles. The molecule has 0 aromatic rings. The van der Waals surface area contributed by atoms with Crippen molar-refractivity contribution in [2.45, 2.75) is 331 Å². The van der Waals surface area contributed by atoms with Crippen LogP contribution in [0.15, 0.2) is 85.1 Å².